The molecule has 9 nitrogen and oxygen atoms in total. The molecule has 0 amide bonds. The first-order valence-corrected chi connectivity index (χ1v) is 10.2. The van der Waals surface area contributed by atoms with Crippen LogP contribution in [0, 0.1) is 0 Å². The number of hydrogen-bond donors (Lipinski definition) is 1. The minimum Gasteiger partial charge on any atom is -0.356 e. The maximum atomic E-state index is 5.29. The normalized spacial score (nSPS) is 15.1. The number of nitrogens with one attached hydrogen (secondary N) is 1. The van der Waals surface area contributed by atoms with E-state index in [1.165, 1.54) is 11.5 Å². The summed E-state index contributed by atoms with van der Waals surface area (Å²) in [5, 5.41) is 8.42. The molecule has 1 N–H and O–H groups in total. The van der Waals surface area contributed by atoms with Gasteiger partial charge in [-0.2, -0.15) is 9.36 Å². The Morgan fingerprint density at radius 1 is 1.25 bits per heavy atom. The highest BCUT2D eigenvalue weighted by Gasteiger charge is 2.22. The van der Waals surface area contributed by atoms with Gasteiger partial charge in [0, 0.05) is 70.1 Å². The van der Waals surface area contributed by atoms with E-state index in [0.717, 1.165) is 55.3 Å². The molecule has 11 heteroatoms. The van der Waals surface area contributed by atoms with Crippen LogP contribution in [0.2, 0.25) is 0 Å². The molecule has 0 aromatic carbocycles. The molecule has 1 aliphatic heterocycles. The van der Waals surface area contributed by atoms with Crippen molar-refractivity contribution in [3.63, 3.8) is 0 Å². The SMILES string of the molecule is CCc1nsc(N2CCN(C(=NC)NCCc3nc(C(C)C)no3)CC2)n1.I. The molecule has 0 spiro atoms. The smallest absolute Gasteiger partial charge is 0.228 e. The van der Waals surface area contributed by atoms with Crippen LogP contribution in [-0.2, 0) is 12.8 Å². The van der Waals surface area contributed by atoms with Crippen molar-refractivity contribution in [2.75, 3.05) is 44.7 Å². The zero-order valence-corrected chi connectivity index (χ0v) is 20.0. The summed E-state index contributed by atoms with van der Waals surface area (Å²) >= 11 is 1.49. The number of aliphatic imine (C=N–C) groups is 1. The van der Waals surface area contributed by atoms with Crippen molar-refractivity contribution in [3.8, 4) is 0 Å². The van der Waals surface area contributed by atoms with Gasteiger partial charge in [-0.15, -0.1) is 24.0 Å². The summed E-state index contributed by atoms with van der Waals surface area (Å²) < 4.78 is 9.67. The van der Waals surface area contributed by atoms with Gasteiger partial charge < -0.3 is 19.6 Å². The Morgan fingerprint density at radius 2 is 2.00 bits per heavy atom. The quantitative estimate of drug-likeness (QED) is 0.352. The molecule has 1 aliphatic rings. The van der Waals surface area contributed by atoms with Crippen molar-refractivity contribution in [2.24, 2.45) is 4.99 Å². The molecule has 0 atom stereocenters. The van der Waals surface area contributed by atoms with Gasteiger partial charge in [0.1, 0.15) is 5.82 Å². The molecular formula is C17H29IN8OS. The van der Waals surface area contributed by atoms with Gasteiger partial charge >= 0.3 is 0 Å². The van der Waals surface area contributed by atoms with Crippen molar-refractivity contribution in [2.45, 2.75) is 39.5 Å². The summed E-state index contributed by atoms with van der Waals surface area (Å²) in [6.07, 6.45) is 1.56. The van der Waals surface area contributed by atoms with Crippen LogP contribution in [0.1, 0.15) is 44.2 Å². The van der Waals surface area contributed by atoms with Crippen molar-refractivity contribution < 1.29 is 4.52 Å². The summed E-state index contributed by atoms with van der Waals surface area (Å²) in [4.78, 5) is 18.0. The molecule has 156 valence electrons. The van der Waals surface area contributed by atoms with Gasteiger partial charge in [0.15, 0.2) is 11.8 Å². The summed E-state index contributed by atoms with van der Waals surface area (Å²) in [6.45, 7) is 10.5. The van der Waals surface area contributed by atoms with E-state index in [1.807, 2.05) is 7.05 Å². The molecule has 0 bridgehead atoms. The van der Waals surface area contributed by atoms with Gasteiger partial charge in [-0.1, -0.05) is 25.9 Å². The third-order valence-electron chi connectivity index (χ3n) is 4.46. The van der Waals surface area contributed by atoms with Crippen molar-refractivity contribution in [1.29, 1.82) is 0 Å². The highest BCUT2D eigenvalue weighted by atomic mass is 127. The fraction of sp³-hybridized carbons (Fsp3) is 0.706. The Morgan fingerprint density at radius 3 is 2.57 bits per heavy atom. The monoisotopic (exact) mass is 520 g/mol. The standard InChI is InChI=1S/C17H28N8OS.HI/c1-5-13-20-17(27-23-13)25-10-8-24(9-11-25)16(18-4)19-7-6-14-21-15(12(2)3)22-26-14;/h12H,5-11H2,1-4H3,(H,18,19);1H. The topological polar surface area (TPSA) is 95.6 Å². The van der Waals surface area contributed by atoms with Gasteiger partial charge in [-0.3, -0.25) is 4.99 Å². The molecule has 3 rings (SSSR count). The summed E-state index contributed by atoms with van der Waals surface area (Å²) in [7, 11) is 1.82. The molecule has 1 fully saturated rings. The number of rotatable bonds is 6. The molecule has 2 aromatic rings. The third kappa shape index (κ3) is 5.75. The third-order valence-corrected chi connectivity index (χ3v) is 5.27. The van der Waals surface area contributed by atoms with Gasteiger partial charge in [-0.05, 0) is 0 Å². The van der Waals surface area contributed by atoms with Gasteiger partial charge in [0.25, 0.3) is 0 Å². The largest absolute Gasteiger partial charge is 0.356 e. The van der Waals surface area contributed by atoms with Crippen molar-refractivity contribution >= 4 is 46.6 Å². The average molecular weight is 520 g/mol. The van der Waals surface area contributed by atoms with Crippen molar-refractivity contribution in [3.05, 3.63) is 17.5 Å². The van der Waals surface area contributed by atoms with E-state index in [9.17, 15) is 0 Å². The van der Waals surface area contributed by atoms with Crippen LogP contribution >= 0.6 is 35.5 Å². The predicted molar refractivity (Wildman–Crippen MR) is 122 cm³/mol. The minimum atomic E-state index is 0. The lowest BCUT2D eigenvalue weighted by Crippen LogP contribution is -2.52. The molecular weight excluding hydrogens is 491 g/mol. The summed E-state index contributed by atoms with van der Waals surface area (Å²) in [5.41, 5.74) is 0. The van der Waals surface area contributed by atoms with E-state index in [1.54, 1.807) is 0 Å². The van der Waals surface area contributed by atoms with Crippen LogP contribution in [-0.4, -0.2) is 70.1 Å². The van der Waals surface area contributed by atoms with E-state index in [2.05, 4.69) is 60.4 Å². The lowest BCUT2D eigenvalue weighted by molar-refractivity contribution is 0.362. The Kier molecular flexibility index (Phi) is 8.86. The second-order valence-electron chi connectivity index (χ2n) is 6.75. The molecule has 28 heavy (non-hydrogen) atoms. The molecule has 0 radical (unpaired) electrons. The van der Waals surface area contributed by atoms with Crippen LogP contribution in [0.5, 0.6) is 0 Å². The molecule has 1 saturated heterocycles. The van der Waals surface area contributed by atoms with Crippen LogP contribution in [0.4, 0.5) is 5.13 Å². The Hall–Kier alpha value is -1.50. The fourth-order valence-corrected chi connectivity index (χ4v) is 3.65. The lowest BCUT2D eigenvalue weighted by Gasteiger charge is -2.36. The van der Waals surface area contributed by atoms with Crippen LogP contribution in [0.3, 0.4) is 0 Å². The molecule has 3 heterocycles. The highest BCUT2D eigenvalue weighted by Crippen LogP contribution is 2.19. The Balaban J connectivity index is 0.00000280. The highest BCUT2D eigenvalue weighted by molar-refractivity contribution is 14.0. The second kappa shape index (κ2) is 10.9. The summed E-state index contributed by atoms with van der Waals surface area (Å²) in [5.74, 6) is 3.53. The maximum Gasteiger partial charge on any atom is 0.228 e. The number of aryl methyl sites for hydroxylation is 1. The molecule has 2 aromatic heterocycles. The fourth-order valence-electron chi connectivity index (χ4n) is 2.84. The average Bonchev–Trinajstić information content (AvgIpc) is 3.35. The Labute approximate surface area is 187 Å². The van der Waals surface area contributed by atoms with E-state index < -0.39 is 0 Å². The number of nitrogens with zero attached hydrogens (tertiary/aromatic N) is 7. The first-order valence-electron chi connectivity index (χ1n) is 9.46. The first-order chi connectivity index (χ1) is 13.1. The maximum absolute atomic E-state index is 5.29. The number of aromatic nitrogens is 4. The molecule has 0 unspecified atom stereocenters. The number of guanidine groups is 1. The lowest BCUT2D eigenvalue weighted by atomic mass is 10.2. The predicted octanol–water partition coefficient (Wildman–Crippen LogP) is 2.16. The van der Waals surface area contributed by atoms with E-state index >= 15 is 0 Å². The minimum absolute atomic E-state index is 0. The molecule has 0 aliphatic carbocycles. The Bertz CT molecular complexity index is 754. The van der Waals surface area contributed by atoms with Crippen molar-refractivity contribution in [1.82, 2.24) is 29.7 Å². The number of hydrogen-bond acceptors (Lipinski definition) is 8. The van der Waals surface area contributed by atoms with Crippen LogP contribution in [0.25, 0.3) is 0 Å². The zero-order chi connectivity index (χ0) is 19.2. The van der Waals surface area contributed by atoms with Crippen LogP contribution in [0.15, 0.2) is 9.52 Å². The van der Waals surface area contributed by atoms with Gasteiger partial charge in [0.05, 0.1) is 0 Å². The summed E-state index contributed by atoms with van der Waals surface area (Å²) in [6, 6.07) is 0. The second-order valence-corrected chi connectivity index (χ2v) is 7.48. The number of anilines is 1. The first kappa shape index (κ1) is 22.8. The van der Waals surface area contributed by atoms with E-state index in [4.69, 9.17) is 4.52 Å². The van der Waals surface area contributed by atoms with E-state index in [-0.39, 0.29) is 29.9 Å². The van der Waals surface area contributed by atoms with Crippen LogP contribution < -0.4 is 10.2 Å². The zero-order valence-electron chi connectivity index (χ0n) is 16.9. The molecule has 0 saturated carbocycles. The van der Waals surface area contributed by atoms with E-state index in [0.29, 0.717) is 18.9 Å². The van der Waals surface area contributed by atoms with Gasteiger partial charge in [-0.25, -0.2) is 4.98 Å². The number of piperazine rings is 1. The van der Waals surface area contributed by atoms with Gasteiger partial charge in [0.2, 0.25) is 11.0 Å². The number of halogens is 1.